The van der Waals surface area contributed by atoms with Crippen LogP contribution in [-0.2, 0) is 9.47 Å². The molecule has 0 radical (unpaired) electrons. The van der Waals surface area contributed by atoms with Crippen molar-refractivity contribution in [2.45, 2.75) is 53.6 Å². The van der Waals surface area contributed by atoms with Crippen LogP contribution in [0.5, 0.6) is 0 Å². The molecule has 0 atom stereocenters. The maximum absolute atomic E-state index is 11.3. The second-order valence-corrected chi connectivity index (χ2v) is 6.44. The Morgan fingerprint density at radius 1 is 1.11 bits per heavy atom. The Bertz CT molecular complexity index is 260. The molecule has 0 aliphatic heterocycles. The van der Waals surface area contributed by atoms with E-state index >= 15 is 0 Å². The highest BCUT2D eigenvalue weighted by atomic mass is 16.6. The van der Waals surface area contributed by atoms with Gasteiger partial charge in [-0.1, -0.05) is 20.8 Å². The molecular weight excluding hydrogens is 244 g/mol. The molecule has 0 unspecified atom stereocenters. The molecule has 0 rings (SSSR count). The Hall–Kier alpha value is -0.810. The second-order valence-electron chi connectivity index (χ2n) is 6.44. The van der Waals surface area contributed by atoms with Crippen LogP contribution in [-0.4, -0.2) is 38.1 Å². The van der Waals surface area contributed by atoms with Gasteiger partial charge in [0.25, 0.3) is 0 Å². The summed E-state index contributed by atoms with van der Waals surface area (Å²) in [4.78, 5) is 11.3. The van der Waals surface area contributed by atoms with Crippen LogP contribution in [0, 0.1) is 5.41 Å². The first-order chi connectivity index (χ1) is 8.66. The summed E-state index contributed by atoms with van der Waals surface area (Å²) < 4.78 is 10.6. The van der Waals surface area contributed by atoms with Crippen LogP contribution in [0.15, 0.2) is 0 Å². The van der Waals surface area contributed by atoms with Gasteiger partial charge in [0.15, 0.2) is 0 Å². The molecule has 2 N–H and O–H groups in total. The van der Waals surface area contributed by atoms with E-state index in [-0.39, 0.29) is 11.5 Å². The first kappa shape index (κ1) is 18.2. The van der Waals surface area contributed by atoms with Crippen LogP contribution in [0.1, 0.15) is 48.0 Å². The number of ether oxygens (including phenoxy) is 2. The summed E-state index contributed by atoms with van der Waals surface area (Å²) in [5, 5.41) is 5.79. The maximum atomic E-state index is 11.3. The van der Waals surface area contributed by atoms with Crippen molar-refractivity contribution in [1.29, 1.82) is 0 Å². The maximum Gasteiger partial charge on any atom is 0.407 e. The first-order valence-corrected chi connectivity index (χ1v) is 6.91. The normalized spacial score (nSPS) is 12.3. The van der Waals surface area contributed by atoms with Gasteiger partial charge in [0.2, 0.25) is 0 Å². The molecule has 1 amide bonds. The van der Waals surface area contributed by atoms with E-state index in [0.29, 0.717) is 19.8 Å². The van der Waals surface area contributed by atoms with Crippen molar-refractivity contribution in [2.75, 3.05) is 26.4 Å². The fraction of sp³-hybridized carbons (Fsp3) is 0.929. The van der Waals surface area contributed by atoms with Crippen molar-refractivity contribution in [2.24, 2.45) is 5.41 Å². The largest absolute Gasteiger partial charge is 0.444 e. The fourth-order valence-corrected chi connectivity index (χ4v) is 1.14. The highest BCUT2D eigenvalue weighted by molar-refractivity contribution is 5.67. The minimum absolute atomic E-state index is 0.219. The molecule has 0 bridgehead atoms. The lowest BCUT2D eigenvalue weighted by molar-refractivity contribution is 0.0467. The van der Waals surface area contributed by atoms with Crippen LogP contribution in [0.25, 0.3) is 0 Å². The molecule has 114 valence electrons. The highest BCUT2D eigenvalue weighted by Gasteiger charge is 2.16. The summed E-state index contributed by atoms with van der Waals surface area (Å²) >= 11 is 0. The topological polar surface area (TPSA) is 59.6 Å². The van der Waals surface area contributed by atoms with Crippen LogP contribution in [0.3, 0.4) is 0 Å². The lowest BCUT2D eigenvalue weighted by Crippen LogP contribution is -2.37. The standard InChI is InChI=1S/C14H30N2O3/c1-7-14(5,6)10-18-11-15-8-9-16-12(17)19-13(2,3)4/h15H,7-11H2,1-6H3,(H,16,17). The SMILES string of the molecule is CCC(C)(C)COCNCCNC(=O)OC(C)(C)C. The summed E-state index contributed by atoms with van der Waals surface area (Å²) in [6.07, 6.45) is 0.704. The lowest BCUT2D eigenvalue weighted by atomic mass is 9.92. The van der Waals surface area contributed by atoms with Gasteiger partial charge >= 0.3 is 6.09 Å². The monoisotopic (exact) mass is 274 g/mol. The van der Waals surface area contributed by atoms with Crippen molar-refractivity contribution < 1.29 is 14.3 Å². The summed E-state index contributed by atoms with van der Waals surface area (Å²) in [5.41, 5.74) is -0.233. The van der Waals surface area contributed by atoms with Gasteiger partial charge in [-0.3, -0.25) is 5.32 Å². The third kappa shape index (κ3) is 12.0. The van der Waals surface area contributed by atoms with Gasteiger partial charge in [0, 0.05) is 13.1 Å². The lowest BCUT2D eigenvalue weighted by Gasteiger charge is -2.22. The number of hydrogen-bond donors (Lipinski definition) is 2. The van der Waals surface area contributed by atoms with Crippen molar-refractivity contribution in [1.82, 2.24) is 10.6 Å². The zero-order chi connectivity index (χ0) is 14.9. The number of rotatable bonds is 8. The van der Waals surface area contributed by atoms with Crippen molar-refractivity contribution in [3.63, 3.8) is 0 Å². The number of hydrogen-bond acceptors (Lipinski definition) is 4. The van der Waals surface area contributed by atoms with Crippen molar-refractivity contribution >= 4 is 6.09 Å². The zero-order valence-corrected chi connectivity index (χ0v) is 13.3. The molecule has 0 aliphatic carbocycles. The van der Waals surface area contributed by atoms with Gasteiger partial charge in [-0.05, 0) is 32.6 Å². The van der Waals surface area contributed by atoms with Gasteiger partial charge in [-0.25, -0.2) is 4.79 Å². The van der Waals surface area contributed by atoms with E-state index < -0.39 is 5.60 Å². The molecule has 5 heteroatoms. The van der Waals surface area contributed by atoms with Crippen LogP contribution in [0.4, 0.5) is 4.79 Å². The van der Waals surface area contributed by atoms with Crippen LogP contribution >= 0.6 is 0 Å². The average molecular weight is 274 g/mol. The van der Waals surface area contributed by atoms with E-state index in [1.54, 1.807) is 0 Å². The Morgan fingerprint density at radius 3 is 2.26 bits per heavy atom. The molecule has 0 saturated heterocycles. The predicted octanol–water partition coefficient (Wildman–Crippen LogP) is 2.51. The summed E-state index contributed by atoms with van der Waals surface area (Å²) in [6.45, 7) is 14.4. The molecule has 0 fully saturated rings. The summed E-state index contributed by atoms with van der Waals surface area (Å²) in [5.74, 6) is 0. The second kappa shape index (κ2) is 8.38. The predicted molar refractivity (Wildman–Crippen MR) is 77.1 cm³/mol. The molecule has 0 aromatic rings. The molecule has 0 aliphatic rings. The Balaban J connectivity index is 3.44. The molecule has 0 spiro atoms. The number of carbonyl (C=O) groups excluding carboxylic acids is 1. The van der Waals surface area contributed by atoms with E-state index in [0.717, 1.165) is 13.0 Å². The van der Waals surface area contributed by atoms with Gasteiger partial charge in [-0.15, -0.1) is 0 Å². The third-order valence-electron chi connectivity index (χ3n) is 2.62. The number of nitrogens with one attached hydrogen (secondary N) is 2. The third-order valence-corrected chi connectivity index (χ3v) is 2.62. The van der Waals surface area contributed by atoms with Gasteiger partial charge in [-0.2, -0.15) is 0 Å². The van der Waals surface area contributed by atoms with E-state index in [1.165, 1.54) is 0 Å². The molecule has 0 aromatic carbocycles. The summed E-state index contributed by atoms with van der Waals surface area (Å²) in [7, 11) is 0. The zero-order valence-electron chi connectivity index (χ0n) is 13.3. The van der Waals surface area contributed by atoms with Gasteiger partial charge in [0.1, 0.15) is 5.60 Å². The highest BCUT2D eigenvalue weighted by Crippen LogP contribution is 2.19. The minimum atomic E-state index is -0.452. The van der Waals surface area contributed by atoms with E-state index in [2.05, 4.69) is 31.4 Å². The number of carbonyl (C=O) groups is 1. The molecule has 0 aromatic heterocycles. The van der Waals surface area contributed by atoms with E-state index in [9.17, 15) is 4.79 Å². The van der Waals surface area contributed by atoms with Gasteiger partial charge in [0.05, 0.1) is 13.3 Å². The van der Waals surface area contributed by atoms with Crippen molar-refractivity contribution in [3.8, 4) is 0 Å². The van der Waals surface area contributed by atoms with E-state index in [4.69, 9.17) is 9.47 Å². The number of amides is 1. The number of alkyl carbamates (subject to hydrolysis) is 1. The molecule has 19 heavy (non-hydrogen) atoms. The average Bonchev–Trinajstić information content (AvgIpc) is 2.25. The Morgan fingerprint density at radius 2 is 1.74 bits per heavy atom. The minimum Gasteiger partial charge on any atom is -0.444 e. The quantitative estimate of drug-likeness (QED) is 0.527. The van der Waals surface area contributed by atoms with E-state index in [1.807, 2.05) is 20.8 Å². The van der Waals surface area contributed by atoms with Crippen LogP contribution < -0.4 is 10.6 Å². The van der Waals surface area contributed by atoms with Gasteiger partial charge < -0.3 is 14.8 Å². The Kier molecular flexibility index (Phi) is 8.02. The van der Waals surface area contributed by atoms with Crippen LogP contribution in [0.2, 0.25) is 0 Å². The molecular formula is C14H30N2O3. The molecule has 0 heterocycles. The summed E-state index contributed by atoms with van der Waals surface area (Å²) in [6, 6.07) is 0. The Labute approximate surface area is 117 Å². The smallest absolute Gasteiger partial charge is 0.407 e. The molecule has 5 nitrogen and oxygen atoms in total. The fourth-order valence-electron chi connectivity index (χ4n) is 1.14. The first-order valence-electron chi connectivity index (χ1n) is 6.91. The van der Waals surface area contributed by atoms with Crippen molar-refractivity contribution in [3.05, 3.63) is 0 Å². The molecule has 0 saturated carbocycles.